The second-order valence-electron chi connectivity index (χ2n) is 7.14. The van der Waals surface area contributed by atoms with Crippen LogP contribution in [0, 0.1) is 18.5 Å². The van der Waals surface area contributed by atoms with Gasteiger partial charge in [0.2, 0.25) is 0 Å². The maximum atomic E-state index is 12.9. The Bertz CT molecular complexity index is 1300. The summed E-state index contributed by atoms with van der Waals surface area (Å²) in [5.41, 5.74) is 2.99. The lowest BCUT2D eigenvalue weighted by atomic mass is 10.1. The Balaban J connectivity index is 1.46. The van der Waals surface area contributed by atoms with Crippen LogP contribution in [0.5, 0.6) is 5.75 Å². The summed E-state index contributed by atoms with van der Waals surface area (Å²) in [5.74, 6) is 0.402. The van der Waals surface area contributed by atoms with E-state index in [1.807, 2.05) is 42.5 Å². The number of halogens is 2. The van der Waals surface area contributed by atoms with Gasteiger partial charge in [0.05, 0.1) is 26.7 Å². The van der Waals surface area contributed by atoms with Crippen molar-refractivity contribution in [2.75, 3.05) is 0 Å². The first-order chi connectivity index (χ1) is 15.9. The molecule has 1 fully saturated rings. The molecule has 2 amide bonds. The van der Waals surface area contributed by atoms with Crippen LogP contribution in [0.1, 0.15) is 22.3 Å². The number of nitrogens with zero attached hydrogens (tertiary/aromatic N) is 2. The number of carbonyl (C=O) groups is 2. The first-order valence-electron chi connectivity index (χ1n) is 9.85. The van der Waals surface area contributed by atoms with Gasteiger partial charge in [0.1, 0.15) is 12.4 Å². The van der Waals surface area contributed by atoms with Crippen LogP contribution in [0.3, 0.4) is 0 Å². The Hall–Kier alpha value is -2.36. The van der Waals surface area contributed by atoms with Crippen molar-refractivity contribution in [1.82, 2.24) is 4.90 Å². The van der Waals surface area contributed by atoms with Crippen molar-refractivity contribution in [3.8, 4) is 11.8 Å². The summed E-state index contributed by atoms with van der Waals surface area (Å²) in [6, 6.07) is 22.9. The van der Waals surface area contributed by atoms with Crippen LogP contribution < -0.4 is 4.74 Å². The van der Waals surface area contributed by atoms with E-state index in [-0.39, 0.29) is 17.7 Å². The number of rotatable bonds is 6. The molecule has 0 unspecified atom stereocenters. The second-order valence-corrected chi connectivity index (χ2v) is 10.5. The van der Waals surface area contributed by atoms with Crippen LogP contribution in [0.2, 0.25) is 0 Å². The third-order valence-electron chi connectivity index (χ3n) is 4.90. The molecule has 0 aromatic heterocycles. The van der Waals surface area contributed by atoms with Crippen molar-refractivity contribution < 1.29 is 14.3 Å². The van der Waals surface area contributed by atoms with Gasteiger partial charge in [-0.15, -0.1) is 0 Å². The number of thioether (sulfide) groups is 1. The number of carbonyl (C=O) groups excluding carboxylic acids is 2. The highest BCUT2D eigenvalue weighted by Crippen LogP contribution is 2.34. The van der Waals surface area contributed by atoms with Crippen LogP contribution in [-0.2, 0) is 17.9 Å². The second kappa shape index (κ2) is 10.7. The molecule has 0 spiro atoms. The lowest BCUT2D eigenvalue weighted by molar-refractivity contribution is -0.123. The lowest BCUT2D eigenvalue weighted by Gasteiger charge is -2.13. The van der Waals surface area contributed by atoms with E-state index in [9.17, 15) is 14.9 Å². The molecule has 1 aliphatic rings. The normalized spacial score (nSPS) is 14.6. The molecule has 3 aromatic rings. The Kier molecular flexibility index (Phi) is 7.72. The molecule has 3 aromatic carbocycles. The zero-order valence-electron chi connectivity index (χ0n) is 17.1. The molecule has 0 aliphatic carbocycles. The highest BCUT2D eigenvalue weighted by atomic mass is 127. The van der Waals surface area contributed by atoms with Gasteiger partial charge in [-0.05, 0) is 110 Å². The van der Waals surface area contributed by atoms with Gasteiger partial charge in [0, 0.05) is 3.57 Å². The molecule has 4 rings (SSSR count). The van der Waals surface area contributed by atoms with Gasteiger partial charge in [0.25, 0.3) is 11.1 Å². The fourth-order valence-corrected chi connectivity index (χ4v) is 5.08. The Morgan fingerprint density at radius 1 is 1.03 bits per heavy atom. The summed E-state index contributed by atoms with van der Waals surface area (Å²) in [7, 11) is 0. The summed E-state index contributed by atoms with van der Waals surface area (Å²) in [4.78, 5) is 26.9. The van der Waals surface area contributed by atoms with Gasteiger partial charge in [-0.25, -0.2) is 0 Å². The molecular weight excluding hydrogens is 662 g/mol. The van der Waals surface area contributed by atoms with Gasteiger partial charge in [-0.3, -0.25) is 14.5 Å². The standard InChI is InChI=1S/C25H16I2N2O3S/c26-20-8-5-16(6-9-20)15-32-22-10-7-17(11-21(22)27)12-23-24(30)29(25(31)33-23)14-19-4-2-1-3-18(19)13-28/h1-12H,14-15H2/b23-12+. The number of benzene rings is 3. The van der Waals surface area contributed by atoms with E-state index in [1.165, 1.54) is 8.47 Å². The van der Waals surface area contributed by atoms with Crippen LogP contribution in [0.4, 0.5) is 4.79 Å². The molecule has 164 valence electrons. The smallest absolute Gasteiger partial charge is 0.293 e. The molecule has 1 heterocycles. The molecule has 0 radical (unpaired) electrons. The summed E-state index contributed by atoms with van der Waals surface area (Å²) in [6.07, 6.45) is 1.71. The van der Waals surface area contributed by atoms with Crippen molar-refractivity contribution in [2.24, 2.45) is 0 Å². The van der Waals surface area contributed by atoms with Crippen LogP contribution in [0.25, 0.3) is 6.08 Å². The fourth-order valence-electron chi connectivity index (χ4n) is 3.19. The van der Waals surface area contributed by atoms with E-state index in [0.29, 0.717) is 22.6 Å². The fraction of sp³-hybridized carbons (Fsp3) is 0.0800. The largest absolute Gasteiger partial charge is 0.488 e. The molecular formula is C25H16I2N2O3S. The lowest BCUT2D eigenvalue weighted by Crippen LogP contribution is -2.27. The summed E-state index contributed by atoms with van der Waals surface area (Å²) < 4.78 is 8.03. The average molecular weight is 678 g/mol. The number of amides is 2. The first kappa shape index (κ1) is 23.8. The average Bonchev–Trinajstić information content (AvgIpc) is 3.07. The number of nitriles is 1. The van der Waals surface area contributed by atoms with E-state index >= 15 is 0 Å². The summed E-state index contributed by atoms with van der Waals surface area (Å²) >= 11 is 5.38. The van der Waals surface area contributed by atoms with Crippen LogP contribution >= 0.6 is 56.9 Å². The molecule has 0 N–H and O–H groups in total. The third-order valence-corrected chi connectivity index (χ3v) is 7.37. The number of ether oxygens (including phenoxy) is 1. The minimum atomic E-state index is -0.355. The monoisotopic (exact) mass is 678 g/mol. The summed E-state index contributed by atoms with van der Waals surface area (Å²) in [5, 5.41) is 8.93. The highest BCUT2D eigenvalue weighted by molar-refractivity contribution is 14.1. The van der Waals surface area contributed by atoms with Gasteiger partial charge in [-0.1, -0.05) is 36.4 Å². The molecule has 0 atom stereocenters. The van der Waals surface area contributed by atoms with Crippen molar-refractivity contribution in [2.45, 2.75) is 13.2 Å². The van der Waals surface area contributed by atoms with E-state index in [2.05, 4.69) is 51.3 Å². The van der Waals surface area contributed by atoms with Crippen molar-refractivity contribution in [3.63, 3.8) is 0 Å². The SMILES string of the molecule is N#Cc1ccccc1CN1C(=O)S/C(=C/c2ccc(OCc3ccc(I)cc3)c(I)c2)C1=O. The Labute approximate surface area is 223 Å². The molecule has 33 heavy (non-hydrogen) atoms. The predicted molar refractivity (Wildman–Crippen MR) is 145 cm³/mol. The topological polar surface area (TPSA) is 70.4 Å². The van der Waals surface area contributed by atoms with E-state index in [4.69, 9.17) is 4.74 Å². The van der Waals surface area contributed by atoms with Gasteiger partial charge >= 0.3 is 0 Å². The minimum Gasteiger partial charge on any atom is -0.488 e. The minimum absolute atomic E-state index is 0.0780. The highest BCUT2D eigenvalue weighted by Gasteiger charge is 2.35. The quantitative estimate of drug-likeness (QED) is 0.218. The molecule has 1 aliphatic heterocycles. The number of hydrogen-bond donors (Lipinski definition) is 0. The zero-order valence-corrected chi connectivity index (χ0v) is 22.3. The van der Waals surface area contributed by atoms with E-state index in [1.54, 1.807) is 30.3 Å². The van der Waals surface area contributed by atoms with E-state index < -0.39 is 0 Å². The molecule has 5 nitrogen and oxygen atoms in total. The summed E-state index contributed by atoms with van der Waals surface area (Å²) in [6.45, 7) is 0.546. The Morgan fingerprint density at radius 3 is 2.52 bits per heavy atom. The molecule has 0 bridgehead atoms. The first-order valence-corrected chi connectivity index (χ1v) is 12.8. The maximum Gasteiger partial charge on any atom is 0.293 e. The van der Waals surface area contributed by atoms with Crippen LogP contribution in [0.15, 0.2) is 71.6 Å². The van der Waals surface area contributed by atoms with Gasteiger partial charge in [-0.2, -0.15) is 5.26 Å². The van der Waals surface area contributed by atoms with Gasteiger partial charge < -0.3 is 4.74 Å². The van der Waals surface area contributed by atoms with E-state index in [0.717, 1.165) is 32.2 Å². The van der Waals surface area contributed by atoms with Crippen molar-refractivity contribution in [1.29, 1.82) is 5.26 Å². The maximum absolute atomic E-state index is 12.9. The molecule has 1 saturated heterocycles. The predicted octanol–water partition coefficient (Wildman–Crippen LogP) is 6.58. The Morgan fingerprint density at radius 2 is 1.79 bits per heavy atom. The molecule has 8 heteroatoms. The van der Waals surface area contributed by atoms with Crippen molar-refractivity contribution >= 4 is 74.2 Å². The zero-order chi connectivity index (χ0) is 23.4. The third kappa shape index (κ3) is 5.77. The van der Waals surface area contributed by atoms with Crippen LogP contribution in [-0.4, -0.2) is 16.0 Å². The molecule has 0 saturated carbocycles. The van der Waals surface area contributed by atoms with Crippen molar-refractivity contribution in [3.05, 3.63) is 101 Å². The number of imide groups is 1. The van der Waals surface area contributed by atoms with Gasteiger partial charge in [0.15, 0.2) is 0 Å². The number of hydrogen-bond acceptors (Lipinski definition) is 5.